The average molecular weight is 370 g/mol. The molecule has 0 bridgehead atoms. The average Bonchev–Trinajstić information content (AvgIpc) is 2.85. The van der Waals surface area contributed by atoms with Crippen LogP contribution in [0, 0.1) is 5.82 Å². The van der Waals surface area contributed by atoms with Gasteiger partial charge in [-0.15, -0.1) is 0 Å². The number of benzene rings is 1. The van der Waals surface area contributed by atoms with Gasteiger partial charge in [-0.2, -0.15) is 5.10 Å². The highest BCUT2D eigenvalue weighted by molar-refractivity contribution is 5.91. The van der Waals surface area contributed by atoms with E-state index in [9.17, 15) is 14.0 Å². The second-order valence-corrected chi connectivity index (χ2v) is 7.22. The molecular formula is C20H23FN4O2. The fourth-order valence-electron chi connectivity index (χ4n) is 4.03. The van der Waals surface area contributed by atoms with Crippen molar-refractivity contribution in [3.63, 3.8) is 0 Å². The highest BCUT2D eigenvalue weighted by Gasteiger charge is 2.39. The largest absolute Gasteiger partial charge is 0.341 e. The lowest BCUT2D eigenvalue weighted by molar-refractivity contribution is -0.132. The van der Waals surface area contributed by atoms with Gasteiger partial charge in [0.15, 0.2) is 5.82 Å². The molecule has 142 valence electrons. The maximum absolute atomic E-state index is 14.4. The van der Waals surface area contributed by atoms with Crippen LogP contribution in [-0.2, 0) is 18.3 Å². The van der Waals surface area contributed by atoms with Crippen LogP contribution in [0.25, 0.3) is 0 Å². The number of fused-ring (bicyclic) bond motifs is 1. The second-order valence-electron chi connectivity index (χ2n) is 7.22. The lowest BCUT2D eigenvalue weighted by Gasteiger charge is -2.30. The summed E-state index contributed by atoms with van der Waals surface area (Å²) in [7, 11) is 1.57. The molecular weight excluding hydrogens is 347 g/mol. The van der Waals surface area contributed by atoms with E-state index in [-0.39, 0.29) is 17.3 Å². The second kappa shape index (κ2) is 7.13. The normalized spacial score (nSPS) is 19.7. The van der Waals surface area contributed by atoms with Crippen molar-refractivity contribution < 1.29 is 9.18 Å². The third kappa shape index (κ3) is 3.22. The van der Waals surface area contributed by atoms with Crippen molar-refractivity contribution in [1.82, 2.24) is 14.7 Å². The molecule has 2 aliphatic rings. The topological polar surface area (TPSA) is 58.4 Å². The number of amides is 1. The molecule has 1 unspecified atom stereocenters. The highest BCUT2D eigenvalue weighted by Crippen LogP contribution is 2.39. The van der Waals surface area contributed by atoms with Crippen molar-refractivity contribution in [1.29, 1.82) is 0 Å². The van der Waals surface area contributed by atoms with Gasteiger partial charge in [0.2, 0.25) is 5.91 Å². The number of carbonyl (C=O) groups is 1. The van der Waals surface area contributed by atoms with Gasteiger partial charge in [-0.05, 0) is 31.0 Å². The number of carbonyl (C=O) groups excluding carboxylic acids is 1. The van der Waals surface area contributed by atoms with Gasteiger partial charge in [0.25, 0.3) is 5.56 Å². The number of hydrogen-bond donors (Lipinski definition) is 0. The third-order valence-electron chi connectivity index (χ3n) is 5.46. The number of aryl methyl sites for hydroxylation is 1. The number of aromatic nitrogens is 2. The summed E-state index contributed by atoms with van der Waals surface area (Å²) in [6, 6.07) is 7.35. The summed E-state index contributed by atoms with van der Waals surface area (Å²) in [4.78, 5) is 28.7. The molecule has 1 saturated heterocycles. The molecule has 0 saturated carbocycles. The zero-order valence-electron chi connectivity index (χ0n) is 15.4. The Bertz CT molecular complexity index is 918. The van der Waals surface area contributed by atoms with Gasteiger partial charge in [-0.25, -0.2) is 9.07 Å². The van der Waals surface area contributed by atoms with Crippen LogP contribution in [0.2, 0.25) is 0 Å². The third-order valence-corrected chi connectivity index (χ3v) is 5.46. The van der Waals surface area contributed by atoms with E-state index in [2.05, 4.69) is 5.10 Å². The minimum Gasteiger partial charge on any atom is -0.341 e. The van der Waals surface area contributed by atoms with E-state index >= 15 is 0 Å². The molecule has 0 spiro atoms. The van der Waals surface area contributed by atoms with Crippen molar-refractivity contribution >= 4 is 17.4 Å². The predicted molar refractivity (Wildman–Crippen MR) is 101 cm³/mol. The Morgan fingerprint density at radius 2 is 1.85 bits per heavy atom. The fraction of sp³-hybridized carbons (Fsp3) is 0.450. The van der Waals surface area contributed by atoms with Gasteiger partial charge >= 0.3 is 0 Å². The number of nitrogens with zero attached hydrogens (tertiary/aromatic N) is 4. The first kappa shape index (κ1) is 17.7. The first-order valence-electron chi connectivity index (χ1n) is 9.46. The van der Waals surface area contributed by atoms with Crippen LogP contribution < -0.4 is 10.5 Å². The molecule has 1 aromatic heterocycles. The summed E-state index contributed by atoms with van der Waals surface area (Å²) in [6.45, 7) is 1.48. The molecule has 2 aromatic rings. The van der Waals surface area contributed by atoms with Crippen molar-refractivity contribution in [2.24, 2.45) is 7.05 Å². The number of hydrogen-bond acceptors (Lipinski definition) is 4. The Morgan fingerprint density at radius 3 is 2.56 bits per heavy atom. The quantitative estimate of drug-likeness (QED) is 0.815. The number of anilines is 2. The van der Waals surface area contributed by atoms with E-state index in [1.54, 1.807) is 30.1 Å². The minimum absolute atomic E-state index is 0.00292. The maximum atomic E-state index is 14.4. The molecule has 1 fully saturated rings. The van der Waals surface area contributed by atoms with E-state index in [4.69, 9.17) is 0 Å². The lowest BCUT2D eigenvalue weighted by atomic mass is 10.1. The SMILES string of the molecule is Cn1nc(N2c3cccc(F)c3CC2C(=O)N2CCCCCC2)ccc1=O. The van der Waals surface area contributed by atoms with Crippen LogP contribution in [0.5, 0.6) is 0 Å². The summed E-state index contributed by atoms with van der Waals surface area (Å²) in [5, 5.41) is 4.32. The van der Waals surface area contributed by atoms with Gasteiger partial charge in [-0.3, -0.25) is 9.59 Å². The molecule has 6 nitrogen and oxygen atoms in total. The Kier molecular flexibility index (Phi) is 4.68. The van der Waals surface area contributed by atoms with Gasteiger partial charge in [-0.1, -0.05) is 18.9 Å². The molecule has 1 amide bonds. The van der Waals surface area contributed by atoms with E-state index < -0.39 is 6.04 Å². The fourth-order valence-corrected chi connectivity index (χ4v) is 4.03. The lowest BCUT2D eigenvalue weighted by Crippen LogP contribution is -2.46. The minimum atomic E-state index is -0.542. The van der Waals surface area contributed by atoms with Gasteiger partial charge in [0, 0.05) is 43.9 Å². The summed E-state index contributed by atoms with van der Waals surface area (Å²) < 4.78 is 15.7. The molecule has 1 aromatic carbocycles. The van der Waals surface area contributed by atoms with Crippen LogP contribution in [0.3, 0.4) is 0 Å². The van der Waals surface area contributed by atoms with Crippen LogP contribution in [-0.4, -0.2) is 39.7 Å². The molecule has 1 atom stereocenters. The van der Waals surface area contributed by atoms with Crippen molar-refractivity contribution in [2.75, 3.05) is 18.0 Å². The van der Waals surface area contributed by atoms with Crippen LogP contribution in [0.1, 0.15) is 31.2 Å². The first-order valence-corrected chi connectivity index (χ1v) is 9.46. The predicted octanol–water partition coefficient (Wildman–Crippen LogP) is 2.38. The van der Waals surface area contributed by atoms with E-state index in [0.29, 0.717) is 23.5 Å². The van der Waals surface area contributed by atoms with Crippen molar-refractivity contribution in [3.05, 3.63) is 52.1 Å². The molecule has 4 rings (SSSR count). The number of rotatable bonds is 2. The summed E-state index contributed by atoms with van der Waals surface area (Å²) in [6.07, 6.45) is 4.57. The van der Waals surface area contributed by atoms with E-state index in [1.165, 1.54) is 16.8 Å². The van der Waals surface area contributed by atoms with Crippen LogP contribution in [0.15, 0.2) is 35.1 Å². The van der Waals surface area contributed by atoms with E-state index in [1.807, 2.05) is 4.90 Å². The maximum Gasteiger partial charge on any atom is 0.266 e. The Labute approximate surface area is 157 Å². The Balaban J connectivity index is 1.75. The van der Waals surface area contributed by atoms with Gasteiger partial charge in [0.05, 0.1) is 0 Å². The Morgan fingerprint density at radius 1 is 1.11 bits per heavy atom. The van der Waals surface area contributed by atoms with Gasteiger partial charge in [0.1, 0.15) is 11.9 Å². The van der Waals surface area contributed by atoms with E-state index in [0.717, 1.165) is 38.8 Å². The molecule has 2 aliphatic heterocycles. The monoisotopic (exact) mass is 370 g/mol. The molecule has 0 radical (unpaired) electrons. The molecule has 7 heteroatoms. The summed E-state index contributed by atoms with van der Waals surface area (Å²) >= 11 is 0. The zero-order chi connectivity index (χ0) is 19.0. The van der Waals surface area contributed by atoms with Crippen molar-refractivity contribution in [3.8, 4) is 0 Å². The molecule has 0 N–H and O–H groups in total. The van der Waals surface area contributed by atoms with Crippen LogP contribution >= 0.6 is 0 Å². The summed E-state index contributed by atoms with van der Waals surface area (Å²) in [5.41, 5.74) is 0.948. The number of halogens is 1. The van der Waals surface area contributed by atoms with Gasteiger partial charge < -0.3 is 9.80 Å². The Hall–Kier alpha value is -2.70. The smallest absolute Gasteiger partial charge is 0.266 e. The zero-order valence-corrected chi connectivity index (χ0v) is 15.4. The molecule has 27 heavy (non-hydrogen) atoms. The molecule has 3 heterocycles. The molecule has 0 aliphatic carbocycles. The standard InChI is InChI=1S/C20H23FN4O2/c1-23-19(26)10-9-18(22-23)25-16-8-6-7-15(21)14(16)13-17(25)20(27)24-11-4-2-3-5-12-24/h6-10,17H,2-5,11-13H2,1H3. The highest BCUT2D eigenvalue weighted by atomic mass is 19.1. The first-order chi connectivity index (χ1) is 13.1. The van der Waals surface area contributed by atoms with Crippen LogP contribution in [0.4, 0.5) is 15.9 Å². The number of likely N-dealkylation sites (tertiary alicyclic amines) is 1. The van der Waals surface area contributed by atoms with Crippen molar-refractivity contribution in [2.45, 2.75) is 38.1 Å². The summed E-state index contributed by atoms with van der Waals surface area (Å²) in [5.74, 6) is 0.172.